The SMILES string of the molecule is COc1cc2nc(C3(C(F)(F)F)CC3)nc(N3CCC(c4ccccc4OC)CC3)c2cc1OC. The van der Waals surface area contributed by atoms with Gasteiger partial charge in [0.25, 0.3) is 0 Å². The number of hydrogen-bond donors (Lipinski definition) is 0. The van der Waals surface area contributed by atoms with E-state index in [0.29, 0.717) is 47.2 Å². The fourth-order valence-corrected chi connectivity index (χ4v) is 5.06. The predicted molar refractivity (Wildman–Crippen MR) is 127 cm³/mol. The lowest BCUT2D eigenvalue weighted by Crippen LogP contribution is -2.35. The Hall–Kier alpha value is -3.23. The molecule has 9 heteroatoms. The van der Waals surface area contributed by atoms with Gasteiger partial charge in [0.2, 0.25) is 0 Å². The Labute approximate surface area is 202 Å². The van der Waals surface area contributed by atoms with Gasteiger partial charge >= 0.3 is 6.18 Å². The summed E-state index contributed by atoms with van der Waals surface area (Å²) in [7, 11) is 4.69. The molecule has 0 spiro atoms. The molecule has 3 aromatic rings. The first-order chi connectivity index (χ1) is 16.8. The van der Waals surface area contributed by atoms with Crippen molar-refractivity contribution in [3.05, 3.63) is 47.8 Å². The summed E-state index contributed by atoms with van der Waals surface area (Å²) in [6.07, 6.45) is -2.72. The topological polar surface area (TPSA) is 56.7 Å². The number of nitrogens with zero attached hydrogens (tertiary/aromatic N) is 3. The molecule has 0 unspecified atom stereocenters. The Kier molecular flexibility index (Phi) is 5.89. The Morgan fingerprint density at radius 3 is 2.11 bits per heavy atom. The van der Waals surface area contributed by atoms with Crippen molar-refractivity contribution in [2.24, 2.45) is 0 Å². The number of methoxy groups -OCH3 is 3. The maximum absolute atomic E-state index is 14.0. The van der Waals surface area contributed by atoms with Crippen LogP contribution in [0.25, 0.3) is 10.9 Å². The second kappa shape index (κ2) is 8.77. The number of para-hydroxylation sites is 1. The lowest BCUT2D eigenvalue weighted by Gasteiger charge is -2.34. The smallest absolute Gasteiger partial charge is 0.401 e. The van der Waals surface area contributed by atoms with E-state index in [9.17, 15) is 13.2 Å². The number of aromatic nitrogens is 2. The summed E-state index contributed by atoms with van der Waals surface area (Å²) in [5, 5.41) is 0.653. The van der Waals surface area contributed by atoms with Gasteiger partial charge < -0.3 is 19.1 Å². The van der Waals surface area contributed by atoms with Crippen molar-refractivity contribution >= 4 is 16.7 Å². The van der Waals surface area contributed by atoms with Gasteiger partial charge in [-0.05, 0) is 49.3 Å². The molecule has 2 aliphatic rings. The minimum Gasteiger partial charge on any atom is -0.496 e. The van der Waals surface area contributed by atoms with E-state index in [4.69, 9.17) is 14.2 Å². The number of hydrogen-bond acceptors (Lipinski definition) is 6. The van der Waals surface area contributed by atoms with Gasteiger partial charge in [0.15, 0.2) is 11.5 Å². The highest BCUT2D eigenvalue weighted by Gasteiger charge is 2.66. The molecule has 5 rings (SSSR count). The van der Waals surface area contributed by atoms with Gasteiger partial charge in [-0.15, -0.1) is 0 Å². The number of fused-ring (bicyclic) bond motifs is 1. The Morgan fingerprint density at radius 1 is 0.886 bits per heavy atom. The maximum atomic E-state index is 14.0. The lowest BCUT2D eigenvalue weighted by atomic mass is 9.88. The van der Waals surface area contributed by atoms with E-state index in [1.807, 2.05) is 18.2 Å². The zero-order chi connectivity index (χ0) is 24.8. The predicted octanol–water partition coefficient (Wildman–Crippen LogP) is 5.63. The van der Waals surface area contributed by atoms with E-state index < -0.39 is 11.6 Å². The summed E-state index contributed by atoms with van der Waals surface area (Å²) < 4.78 is 58.3. The van der Waals surface area contributed by atoms with Crippen molar-refractivity contribution in [1.29, 1.82) is 0 Å². The molecule has 0 atom stereocenters. The Morgan fingerprint density at radius 2 is 1.51 bits per heavy atom. The fourth-order valence-electron chi connectivity index (χ4n) is 5.06. The van der Waals surface area contributed by atoms with E-state index >= 15 is 0 Å². The van der Waals surface area contributed by atoms with Crippen LogP contribution in [0.5, 0.6) is 17.2 Å². The second-order valence-corrected chi connectivity index (χ2v) is 9.18. The van der Waals surface area contributed by atoms with Crippen LogP contribution in [-0.2, 0) is 5.41 Å². The number of piperidine rings is 1. The molecule has 0 amide bonds. The molecule has 2 fully saturated rings. The minimum absolute atomic E-state index is 0.00458. The zero-order valence-corrected chi connectivity index (χ0v) is 20.0. The number of benzene rings is 2. The van der Waals surface area contributed by atoms with Gasteiger partial charge in [0.1, 0.15) is 22.8 Å². The van der Waals surface area contributed by atoms with Crippen LogP contribution in [0.2, 0.25) is 0 Å². The van der Waals surface area contributed by atoms with Crippen LogP contribution in [0.4, 0.5) is 19.0 Å². The average Bonchev–Trinajstić information content (AvgIpc) is 3.70. The van der Waals surface area contributed by atoms with Crippen LogP contribution in [0.1, 0.15) is 43.0 Å². The molecule has 1 aromatic heterocycles. The second-order valence-electron chi connectivity index (χ2n) is 9.18. The van der Waals surface area contributed by atoms with Gasteiger partial charge in [-0.2, -0.15) is 13.2 Å². The van der Waals surface area contributed by atoms with Gasteiger partial charge in [0, 0.05) is 24.5 Å². The molecule has 1 aliphatic carbocycles. The van der Waals surface area contributed by atoms with Crippen molar-refractivity contribution in [3.63, 3.8) is 0 Å². The summed E-state index contributed by atoms with van der Waals surface area (Å²) in [6, 6.07) is 11.4. The average molecular weight is 488 g/mol. The minimum atomic E-state index is -4.40. The Bertz CT molecular complexity index is 1240. The molecule has 1 saturated heterocycles. The summed E-state index contributed by atoms with van der Waals surface area (Å²) in [4.78, 5) is 11.0. The summed E-state index contributed by atoms with van der Waals surface area (Å²) >= 11 is 0. The fraction of sp³-hybridized carbons (Fsp3) is 0.462. The van der Waals surface area contributed by atoms with Crippen LogP contribution < -0.4 is 19.1 Å². The molecule has 6 nitrogen and oxygen atoms in total. The first kappa shape index (κ1) is 23.5. The third-order valence-electron chi connectivity index (χ3n) is 7.27. The van der Waals surface area contributed by atoms with Crippen molar-refractivity contribution in [3.8, 4) is 17.2 Å². The van der Waals surface area contributed by atoms with Crippen LogP contribution in [0.3, 0.4) is 0 Å². The lowest BCUT2D eigenvalue weighted by molar-refractivity contribution is -0.162. The molecule has 186 valence electrons. The van der Waals surface area contributed by atoms with E-state index in [1.165, 1.54) is 14.2 Å². The van der Waals surface area contributed by atoms with Crippen LogP contribution in [-0.4, -0.2) is 50.6 Å². The number of rotatable bonds is 6. The van der Waals surface area contributed by atoms with Gasteiger partial charge in [0.05, 0.1) is 26.8 Å². The summed E-state index contributed by atoms with van der Waals surface area (Å²) in [5.74, 6) is 2.42. The van der Waals surface area contributed by atoms with E-state index in [2.05, 4.69) is 20.9 Å². The maximum Gasteiger partial charge on any atom is 0.401 e. The van der Waals surface area contributed by atoms with E-state index in [1.54, 1.807) is 19.2 Å². The molecule has 35 heavy (non-hydrogen) atoms. The molecule has 0 N–H and O–H groups in total. The van der Waals surface area contributed by atoms with Crippen LogP contribution in [0.15, 0.2) is 36.4 Å². The van der Waals surface area contributed by atoms with Crippen LogP contribution >= 0.6 is 0 Å². The Balaban J connectivity index is 1.55. The van der Waals surface area contributed by atoms with Crippen molar-refractivity contribution in [2.75, 3.05) is 39.3 Å². The van der Waals surface area contributed by atoms with Crippen molar-refractivity contribution < 1.29 is 27.4 Å². The molecule has 0 bridgehead atoms. The molecular weight excluding hydrogens is 459 g/mol. The number of ether oxygens (including phenoxy) is 3. The summed E-state index contributed by atoms with van der Waals surface area (Å²) in [6.45, 7) is 1.31. The normalized spacial score (nSPS) is 17.9. The molecule has 2 aromatic carbocycles. The highest BCUT2D eigenvalue weighted by molar-refractivity contribution is 5.92. The molecule has 0 radical (unpaired) electrons. The number of alkyl halides is 3. The first-order valence-corrected chi connectivity index (χ1v) is 11.7. The highest BCUT2D eigenvalue weighted by Crippen LogP contribution is 2.58. The highest BCUT2D eigenvalue weighted by atomic mass is 19.4. The van der Waals surface area contributed by atoms with Crippen LogP contribution in [0, 0.1) is 0 Å². The zero-order valence-electron chi connectivity index (χ0n) is 20.0. The van der Waals surface area contributed by atoms with E-state index in [-0.39, 0.29) is 18.7 Å². The number of anilines is 1. The first-order valence-electron chi connectivity index (χ1n) is 11.7. The molecule has 2 heterocycles. The molecule has 1 saturated carbocycles. The van der Waals surface area contributed by atoms with Crippen molar-refractivity contribution in [1.82, 2.24) is 9.97 Å². The summed E-state index contributed by atoms with van der Waals surface area (Å²) in [5.41, 5.74) is -0.396. The largest absolute Gasteiger partial charge is 0.496 e. The monoisotopic (exact) mass is 487 g/mol. The quantitative estimate of drug-likeness (QED) is 0.449. The van der Waals surface area contributed by atoms with E-state index in [0.717, 1.165) is 24.2 Å². The third kappa shape index (κ3) is 4.00. The number of halogens is 3. The molecular formula is C26H28F3N3O3. The third-order valence-corrected chi connectivity index (χ3v) is 7.27. The van der Waals surface area contributed by atoms with Gasteiger partial charge in [-0.1, -0.05) is 18.2 Å². The van der Waals surface area contributed by atoms with Crippen molar-refractivity contribution in [2.45, 2.75) is 43.2 Å². The van der Waals surface area contributed by atoms with Gasteiger partial charge in [-0.3, -0.25) is 0 Å². The molecule has 1 aliphatic heterocycles. The standard InChI is InChI=1S/C26H28F3N3O3/c1-33-20-7-5-4-6-17(20)16-8-12-32(13-9-16)23-18-14-21(34-2)22(35-3)15-19(18)30-24(31-23)25(10-11-25)26(27,28)29/h4-7,14-16H,8-13H2,1-3H3. The van der Waals surface area contributed by atoms with Gasteiger partial charge in [-0.25, -0.2) is 9.97 Å².